The van der Waals surface area contributed by atoms with Crippen molar-refractivity contribution in [1.29, 1.82) is 0 Å². The number of aromatic nitrogens is 2. The maximum absolute atomic E-state index is 13.4. The lowest BCUT2D eigenvalue weighted by Crippen LogP contribution is -2.52. The Balaban J connectivity index is 1.34. The number of piperidine rings is 1. The number of primary amides is 1. The van der Waals surface area contributed by atoms with E-state index >= 15 is 0 Å². The highest BCUT2D eigenvalue weighted by molar-refractivity contribution is 6.04. The molecule has 5 rings (SSSR count). The first kappa shape index (κ1) is 21.9. The fourth-order valence-corrected chi connectivity index (χ4v) is 5.97. The molecule has 8 nitrogen and oxygen atoms in total. The van der Waals surface area contributed by atoms with Crippen LogP contribution < -0.4 is 11.1 Å². The van der Waals surface area contributed by atoms with Crippen molar-refractivity contribution < 1.29 is 14.4 Å². The number of rotatable bonds is 5. The summed E-state index contributed by atoms with van der Waals surface area (Å²) in [6, 6.07) is 5.52. The molecule has 1 aromatic carbocycles. The maximum Gasteiger partial charge on any atom is 0.269 e. The Hall–Kier alpha value is -2.90. The number of nitrogens with one attached hydrogen (secondary N) is 1. The van der Waals surface area contributed by atoms with E-state index in [9.17, 15) is 14.4 Å². The lowest BCUT2D eigenvalue weighted by molar-refractivity contribution is -0.140. The largest absolute Gasteiger partial charge is 0.364 e. The molecule has 0 spiro atoms. The second-order valence-corrected chi connectivity index (χ2v) is 11.0. The zero-order chi connectivity index (χ0) is 23.5. The van der Waals surface area contributed by atoms with E-state index in [1.165, 1.54) is 6.42 Å². The molecular formula is C25H33N5O3. The van der Waals surface area contributed by atoms with Gasteiger partial charge in [0, 0.05) is 17.5 Å². The Kier molecular flexibility index (Phi) is 5.21. The van der Waals surface area contributed by atoms with E-state index in [1.54, 1.807) is 9.58 Å². The van der Waals surface area contributed by atoms with Gasteiger partial charge < -0.3 is 16.0 Å². The number of aryl methyl sites for hydroxylation is 1. The summed E-state index contributed by atoms with van der Waals surface area (Å²) in [5.74, 6) is -0.374. The summed E-state index contributed by atoms with van der Waals surface area (Å²) < 4.78 is 1.55. The van der Waals surface area contributed by atoms with Crippen LogP contribution in [-0.4, -0.2) is 50.5 Å². The first-order valence-electron chi connectivity index (χ1n) is 12.0. The second-order valence-electron chi connectivity index (χ2n) is 11.0. The van der Waals surface area contributed by atoms with Crippen LogP contribution in [0.15, 0.2) is 18.2 Å². The molecule has 1 unspecified atom stereocenters. The Morgan fingerprint density at radius 3 is 2.76 bits per heavy atom. The molecule has 4 atom stereocenters. The summed E-state index contributed by atoms with van der Waals surface area (Å²) in [5.41, 5.74) is 7.62. The van der Waals surface area contributed by atoms with E-state index in [-0.39, 0.29) is 41.6 Å². The SMILES string of the molecule is Cc1ccc2c(c1)c(C(N)=O)nn2CC(=O)N1[C@@H]2C[C@@H]2C[C@H]1C(=O)NC1CCCC(C)(C)C1. The molecular weight excluding hydrogens is 418 g/mol. The van der Waals surface area contributed by atoms with Crippen molar-refractivity contribution in [3.63, 3.8) is 0 Å². The molecule has 1 aromatic heterocycles. The Bertz CT molecular complexity index is 1140. The average Bonchev–Trinajstić information content (AvgIpc) is 3.24. The third-order valence-electron chi connectivity index (χ3n) is 7.67. The number of fused-ring (bicyclic) bond motifs is 2. The molecule has 2 heterocycles. The maximum atomic E-state index is 13.4. The molecule has 33 heavy (non-hydrogen) atoms. The molecule has 2 saturated carbocycles. The van der Waals surface area contributed by atoms with E-state index in [2.05, 4.69) is 24.3 Å². The highest BCUT2D eigenvalue weighted by Gasteiger charge is 2.56. The van der Waals surface area contributed by atoms with E-state index in [0.29, 0.717) is 16.8 Å². The summed E-state index contributed by atoms with van der Waals surface area (Å²) in [7, 11) is 0. The number of carbonyl (C=O) groups is 3. The smallest absolute Gasteiger partial charge is 0.269 e. The molecule has 176 valence electrons. The van der Waals surface area contributed by atoms with Crippen LogP contribution in [0.1, 0.15) is 68.4 Å². The van der Waals surface area contributed by atoms with Gasteiger partial charge in [0.15, 0.2) is 5.69 Å². The van der Waals surface area contributed by atoms with E-state index < -0.39 is 11.9 Å². The number of nitrogens with two attached hydrogens (primary N) is 1. The van der Waals surface area contributed by atoms with E-state index in [0.717, 1.165) is 37.7 Å². The van der Waals surface area contributed by atoms with Crippen molar-refractivity contribution in [2.45, 2.75) is 84.0 Å². The van der Waals surface area contributed by atoms with Crippen molar-refractivity contribution in [2.75, 3.05) is 0 Å². The fourth-order valence-electron chi connectivity index (χ4n) is 5.97. The van der Waals surface area contributed by atoms with Gasteiger partial charge in [0.2, 0.25) is 11.8 Å². The standard InChI is InChI=1S/C25H33N5O3/c1-14-6-7-18-17(9-14)22(23(26)32)28-29(18)13-21(31)30-19-10-15(19)11-20(30)24(33)27-16-5-4-8-25(2,3)12-16/h6-7,9,15-16,19-20H,4-5,8,10-13H2,1-3H3,(H2,26,32)(H,27,33)/t15-,16?,19-,20+/m1/s1. The average molecular weight is 452 g/mol. The zero-order valence-electron chi connectivity index (χ0n) is 19.6. The van der Waals surface area contributed by atoms with E-state index in [4.69, 9.17) is 5.73 Å². The summed E-state index contributed by atoms with van der Waals surface area (Å²) in [6.07, 6.45) is 5.95. The monoisotopic (exact) mass is 451 g/mol. The second kappa shape index (κ2) is 7.85. The summed E-state index contributed by atoms with van der Waals surface area (Å²) in [5, 5.41) is 8.25. The molecule has 8 heteroatoms. The van der Waals surface area contributed by atoms with Gasteiger partial charge in [0.1, 0.15) is 12.6 Å². The van der Waals surface area contributed by atoms with Crippen LogP contribution in [0.25, 0.3) is 10.9 Å². The lowest BCUT2D eigenvalue weighted by Gasteiger charge is -2.36. The number of amides is 3. The number of carbonyl (C=O) groups excluding carboxylic acids is 3. The molecule has 2 aliphatic carbocycles. The molecule has 3 amide bonds. The number of hydrogen-bond acceptors (Lipinski definition) is 4. The third kappa shape index (κ3) is 4.11. The predicted octanol–water partition coefficient (Wildman–Crippen LogP) is 2.52. The van der Waals surface area contributed by atoms with Crippen molar-refractivity contribution in [2.24, 2.45) is 17.1 Å². The van der Waals surface area contributed by atoms with Crippen molar-refractivity contribution >= 4 is 28.6 Å². The zero-order valence-corrected chi connectivity index (χ0v) is 19.6. The van der Waals surface area contributed by atoms with Gasteiger partial charge in [-0.2, -0.15) is 5.10 Å². The van der Waals surface area contributed by atoms with E-state index in [1.807, 2.05) is 25.1 Å². The highest BCUT2D eigenvalue weighted by atomic mass is 16.2. The first-order valence-corrected chi connectivity index (χ1v) is 12.0. The molecule has 1 aliphatic heterocycles. The van der Waals surface area contributed by atoms with Gasteiger partial charge in [-0.15, -0.1) is 0 Å². The predicted molar refractivity (Wildman–Crippen MR) is 124 cm³/mol. The number of likely N-dealkylation sites (tertiary alicyclic amines) is 1. The Morgan fingerprint density at radius 1 is 1.24 bits per heavy atom. The highest BCUT2D eigenvalue weighted by Crippen LogP contribution is 2.48. The minimum Gasteiger partial charge on any atom is -0.364 e. The van der Waals surface area contributed by atoms with Gasteiger partial charge in [0.05, 0.1) is 5.52 Å². The van der Waals surface area contributed by atoms with Crippen LogP contribution in [0.4, 0.5) is 0 Å². The van der Waals surface area contributed by atoms with Crippen LogP contribution in [-0.2, 0) is 16.1 Å². The molecule has 0 bridgehead atoms. The van der Waals surface area contributed by atoms with Crippen LogP contribution in [0.3, 0.4) is 0 Å². The van der Waals surface area contributed by atoms with Crippen molar-refractivity contribution in [3.05, 3.63) is 29.5 Å². The minimum absolute atomic E-state index is 0.0176. The molecule has 3 N–H and O–H groups in total. The van der Waals surface area contributed by atoms with Gasteiger partial charge in [-0.3, -0.25) is 19.1 Å². The molecule has 1 saturated heterocycles. The molecule has 3 fully saturated rings. The van der Waals surface area contributed by atoms with Gasteiger partial charge in [-0.1, -0.05) is 31.9 Å². The Labute approximate surface area is 193 Å². The van der Waals surface area contributed by atoms with Gasteiger partial charge in [0.25, 0.3) is 5.91 Å². The van der Waals surface area contributed by atoms with Gasteiger partial charge >= 0.3 is 0 Å². The number of nitrogens with zero attached hydrogens (tertiary/aromatic N) is 3. The first-order chi connectivity index (χ1) is 15.6. The number of benzene rings is 1. The normalized spacial score (nSPS) is 27.9. The summed E-state index contributed by atoms with van der Waals surface area (Å²) in [4.78, 5) is 40.3. The van der Waals surface area contributed by atoms with Gasteiger partial charge in [-0.25, -0.2) is 0 Å². The quantitative estimate of drug-likeness (QED) is 0.728. The van der Waals surface area contributed by atoms with Crippen LogP contribution in [0.5, 0.6) is 0 Å². The third-order valence-corrected chi connectivity index (χ3v) is 7.67. The fraction of sp³-hybridized carbons (Fsp3) is 0.600. The van der Waals surface area contributed by atoms with Crippen molar-refractivity contribution in [1.82, 2.24) is 20.0 Å². The Morgan fingerprint density at radius 2 is 2.03 bits per heavy atom. The number of hydrogen-bond donors (Lipinski definition) is 2. The summed E-state index contributed by atoms with van der Waals surface area (Å²) in [6.45, 7) is 6.42. The van der Waals surface area contributed by atoms with Crippen LogP contribution in [0.2, 0.25) is 0 Å². The summed E-state index contributed by atoms with van der Waals surface area (Å²) >= 11 is 0. The minimum atomic E-state index is -0.618. The molecule has 3 aliphatic rings. The van der Waals surface area contributed by atoms with Crippen LogP contribution >= 0.6 is 0 Å². The van der Waals surface area contributed by atoms with Crippen LogP contribution in [0, 0.1) is 18.3 Å². The topological polar surface area (TPSA) is 110 Å². The lowest BCUT2D eigenvalue weighted by atomic mass is 9.75. The van der Waals surface area contributed by atoms with Crippen molar-refractivity contribution in [3.8, 4) is 0 Å². The molecule has 2 aromatic rings. The molecule has 0 radical (unpaired) electrons. The van der Waals surface area contributed by atoms with Gasteiger partial charge in [-0.05, 0) is 62.5 Å².